The third kappa shape index (κ3) is 2.70. The Morgan fingerprint density at radius 2 is 1.94 bits per heavy atom. The lowest BCUT2D eigenvalue weighted by Gasteiger charge is -2.25. The van der Waals surface area contributed by atoms with Gasteiger partial charge in [0.15, 0.2) is 0 Å². The van der Waals surface area contributed by atoms with E-state index >= 15 is 0 Å². The normalized spacial score (nSPS) is 11.2. The van der Waals surface area contributed by atoms with E-state index < -0.39 is 0 Å². The van der Waals surface area contributed by atoms with E-state index in [1.54, 1.807) is 6.20 Å². The van der Waals surface area contributed by atoms with Crippen LogP contribution in [0, 0.1) is 0 Å². The van der Waals surface area contributed by atoms with Gasteiger partial charge in [0.1, 0.15) is 5.82 Å². The minimum Gasteiger partial charge on any atom is -0.390 e. The van der Waals surface area contributed by atoms with Crippen LogP contribution in [0.1, 0.15) is 45.1 Å². The van der Waals surface area contributed by atoms with E-state index in [-0.39, 0.29) is 12.5 Å². The second kappa shape index (κ2) is 5.25. The third-order valence-corrected chi connectivity index (χ3v) is 2.69. The van der Waals surface area contributed by atoms with Crippen molar-refractivity contribution in [3.8, 4) is 0 Å². The monoisotopic (exact) mass is 223 g/mol. The molecule has 0 spiro atoms. The molecule has 0 atom stereocenters. The second-order valence-electron chi connectivity index (χ2n) is 4.58. The van der Waals surface area contributed by atoms with Crippen molar-refractivity contribution >= 4 is 5.69 Å². The van der Waals surface area contributed by atoms with Crippen LogP contribution in [-0.2, 0) is 6.61 Å². The summed E-state index contributed by atoms with van der Waals surface area (Å²) in [6.45, 7) is 8.23. The van der Waals surface area contributed by atoms with Gasteiger partial charge >= 0.3 is 0 Å². The van der Waals surface area contributed by atoms with E-state index in [0.29, 0.717) is 11.7 Å². The molecule has 0 aliphatic heterocycles. The van der Waals surface area contributed by atoms with Crippen LogP contribution in [0.15, 0.2) is 6.20 Å². The first-order valence-electron chi connectivity index (χ1n) is 5.66. The minimum absolute atomic E-state index is 0.0470. The van der Waals surface area contributed by atoms with Crippen molar-refractivity contribution in [2.75, 3.05) is 11.9 Å². The summed E-state index contributed by atoms with van der Waals surface area (Å²) >= 11 is 0. The van der Waals surface area contributed by atoms with E-state index in [9.17, 15) is 5.11 Å². The van der Waals surface area contributed by atoms with Gasteiger partial charge in [0.2, 0.25) is 0 Å². The lowest BCUT2D eigenvalue weighted by Crippen LogP contribution is -2.27. The fourth-order valence-corrected chi connectivity index (χ4v) is 1.39. The van der Waals surface area contributed by atoms with Crippen molar-refractivity contribution in [3.05, 3.63) is 17.7 Å². The van der Waals surface area contributed by atoms with Gasteiger partial charge in [-0.05, 0) is 13.8 Å². The molecule has 1 aromatic rings. The molecule has 1 N–H and O–H groups in total. The zero-order chi connectivity index (χ0) is 12.3. The van der Waals surface area contributed by atoms with Gasteiger partial charge in [0.05, 0.1) is 24.2 Å². The fraction of sp³-hybridized carbons (Fsp3) is 0.667. The predicted molar refractivity (Wildman–Crippen MR) is 65.6 cm³/mol. The molecule has 0 amide bonds. The van der Waals surface area contributed by atoms with Crippen LogP contribution < -0.4 is 4.90 Å². The molecule has 0 saturated heterocycles. The highest BCUT2D eigenvalue weighted by Gasteiger charge is 2.13. The van der Waals surface area contributed by atoms with Gasteiger partial charge in [-0.3, -0.25) is 0 Å². The van der Waals surface area contributed by atoms with E-state index in [4.69, 9.17) is 0 Å². The quantitative estimate of drug-likeness (QED) is 0.847. The number of nitrogens with zero attached hydrogens (tertiary/aromatic N) is 3. The first kappa shape index (κ1) is 12.9. The summed E-state index contributed by atoms with van der Waals surface area (Å²) in [7, 11) is 1.98. The molecular weight excluding hydrogens is 202 g/mol. The largest absolute Gasteiger partial charge is 0.390 e. The maximum Gasteiger partial charge on any atom is 0.131 e. The molecule has 1 rings (SSSR count). The van der Waals surface area contributed by atoms with Gasteiger partial charge in [-0.2, -0.15) is 0 Å². The summed E-state index contributed by atoms with van der Waals surface area (Å²) in [5.41, 5.74) is 1.61. The zero-order valence-electron chi connectivity index (χ0n) is 10.7. The highest BCUT2D eigenvalue weighted by molar-refractivity contribution is 5.48. The van der Waals surface area contributed by atoms with E-state index in [1.165, 1.54) is 0 Å². The standard InChI is InChI=1S/C12H21N3O/c1-8(2)12-13-6-11(10(7-16)14-12)15(5)9(3)4/h6,8-9,16H,7H2,1-5H3. The van der Waals surface area contributed by atoms with E-state index in [0.717, 1.165) is 11.5 Å². The Labute approximate surface area is 97.3 Å². The Kier molecular flexibility index (Phi) is 4.24. The lowest BCUT2D eigenvalue weighted by molar-refractivity contribution is 0.276. The zero-order valence-corrected chi connectivity index (χ0v) is 10.7. The van der Waals surface area contributed by atoms with Crippen molar-refractivity contribution < 1.29 is 5.11 Å². The molecule has 1 aromatic heterocycles. The van der Waals surface area contributed by atoms with Crippen LogP contribution in [0.5, 0.6) is 0 Å². The Morgan fingerprint density at radius 1 is 1.31 bits per heavy atom. The van der Waals surface area contributed by atoms with Gasteiger partial charge in [0.25, 0.3) is 0 Å². The Balaban J connectivity index is 3.11. The molecule has 4 nitrogen and oxygen atoms in total. The number of aromatic nitrogens is 2. The molecule has 0 radical (unpaired) electrons. The molecule has 1 heterocycles. The van der Waals surface area contributed by atoms with Crippen LogP contribution in [0.3, 0.4) is 0 Å². The Bertz CT molecular complexity index is 350. The molecule has 16 heavy (non-hydrogen) atoms. The number of aliphatic hydroxyl groups excluding tert-OH is 1. The highest BCUT2D eigenvalue weighted by Crippen LogP contribution is 2.20. The summed E-state index contributed by atoms with van der Waals surface area (Å²) in [4.78, 5) is 10.8. The number of hydrogen-bond donors (Lipinski definition) is 1. The number of hydrogen-bond acceptors (Lipinski definition) is 4. The van der Waals surface area contributed by atoms with Crippen molar-refractivity contribution in [1.29, 1.82) is 0 Å². The van der Waals surface area contributed by atoms with Gasteiger partial charge in [-0.15, -0.1) is 0 Å². The minimum atomic E-state index is -0.0470. The fourth-order valence-electron chi connectivity index (χ4n) is 1.39. The van der Waals surface area contributed by atoms with Gasteiger partial charge in [0, 0.05) is 19.0 Å². The molecular formula is C12H21N3O. The summed E-state index contributed by atoms with van der Waals surface area (Å²) in [6, 6.07) is 0.360. The molecule has 0 saturated carbocycles. The first-order valence-corrected chi connectivity index (χ1v) is 5.66. The first-order chi connectivity index (χ1) is 7.47. The molecule has 0 aromatic carbocycles. The Hall–Kier alpha value is -1.16. The van der Waals surface area contributed by atoms with Crippen molar-refractivity contribution in [2.45, 2.75) is 46.3 Å². The Morgan fingerprint density at radius 3 is 2.38 bits per heavy atom. The average molecular weight is 223 g/mol. The van der Waals surface area contributed by atoms with E-state index in [2.05, 4.69) is 28.7 Å². The van der Waals surface area contributed by atoms with Crippen molar-refractivity contribution in [2.24, 2.45) is 0 Å². The van der Waals surface area contributed by atoms with Gasteiger partial charge in [-0.1, -0.05) is 13.8 Å². The number of anilines is 1. The third-order valence-electron chi connectivity index (χ3n) is 2.69. The number of rotatable bonds is 4. The number of aliphatic hydroxyl groups is 1. The molecule has 0 fully saturated rings. The summed E-state index contributed by atoms with van der Waals surface area (Å²) in [6.07, 6.45) is 1.80. The predicted octanol–water partition coefficient (Wildman–Crippen LogP) is 1.94. The van der Waals surface area contributed by atoms with Crippen LogP contribution in [0.4, 0.5) is 5.69 Å². The van der Waals surface area contributed by atoms with E-state index in [1.807, 2.05) is 20.9 Å². The van der Waals surface area contributed by atoms with Crippen molar-refractivity contribution in [1.82, 2.24) is 9.97 Å². The van der Waals surface area contributed by atoms with Gasteiger partial charge in [-0.25, -0.2) is 9.97 Å². The topological polar surface area (TPSA) is 49.2 Å². The maximum absolute atomic E-state index is 9.34. The summed E-state index contributed by atoms with van der Waals surface area (Å²) in [5, 5.41) is 9.34. The van der Waals surface area contributed by atoms with Crippen LogP contribution in [0.2, 0.25) is 0 Å². The van der Waals surface area contributed by atoms with Gasteiger partial charge < -0.3 is 10.0 Å². The molecule has 90 valence electrons. The molecule has 0 bridgehead atoms. The van der Waals surface area contributed by atoms with Crippen LogP contribution >= 0.6 is 0 Å². The van der Waals surface area contributed by atoms with Crippen LogP contribution in [-0.4, -0.2) is 28.2 Å². The molecule has 0 unspecified atom stereocenters. The second-order valence-corrected chi connectivity index (χ2v) is 4.58. The SMILES string of the molecule is CC(C)c1ncc(N(C)C(C)C)c(CO)n1. The highest BCUT2D eigenvalue weighted by atomic mass is 16.3. The van der Waals surface area contributed by atoms with Crippen LogP contribution in [0.25, 0.3) is 0 Å². The molecule has 4 heteroatoms. The maximum atomic E-state index is 9.34. The average Bonchev–Trinajstić information content (AvgIpc) is 2.26. The smallest absolute Gasteiger partial charge is 0.131 e. The van der Waals surface area contributed by atoms with Crippen molar-refractivity contribution in [3.63, 3.8) is 0 Å². The molecule has 0 aliphatic rings. The summed E-state index contributed by atoms with van der Waals surface area (Å²) < 4.78 is 0. The summed E-state index contributed by atoms with van der Waals surface area (Å²) in [5.74, 6) is 1.06. The lowest BCUT2D eigenvalue weighted by atomic mass is 10.2. The molecule has 0 aliphatic carbocycles.